The molecule has 0 heterocycles. The summed E-state index contributed by atoms with van der Waals surface area (Å²) in [6, 6.07) is 4.83. The smallest absolute Gasteiger partial charge is 0.340 e. The van der Waals surface area contributed by atoms with E-state index >= 15 is 0 Å². The number of hydrogen-bond acceptors (Lipinski definition) is 7. The Kier molecular flexibility index (Phi) is 7.63. The van der Waals surface area contributed by atoms with Crippen molar-refractivity contribution >= 4 is 17.9 Å². The van der Waals surface area contributed by atoms with Crippen LogP contribution in [-0.4, -0.2) is 43.3 Å². The Hall–Kier alpha value is -2.55. The van der Waals surface area contributed by atoms with Gasteiger partial charge >= 0.3 is 17.9 Å². The predicted molar refractivity (Wildman–Crippen MR) is 82.3 cm³/mol. The zero-order valence-corrected chi connectivity index (χ0v) is 14.5. The molecular formula is C17H19F2O7-. The van der Waals surface area contributed by atoms with Gasteiger partial charge in [0.15, 0.2) is 12.9 Å². The van der Waals surface area contributed by atoms with Gasteiger partial charge in [-0.1, -0.05) is 13.8 Å². The minimum atomic E-state index is -4.34. The molecule has 0 aromatic heterocycles. The molecule has 9 heteroatoms. The molecule has 1 aromatic rings. The fourth-order valence-corrected chi connectivity index (χ4v) is 1.93. The highest BCUT2D eigenvalue weighted by Gasteiger charge is 2.46. The van der Waals surface area contributed by atoms with Crippen molar-refractivity contribution in [1.29, 1.82) is 0 Å². The Bertz CT molecular complexity index is 641. The molecule has 0 bridgehead atoms. The third-order valence-electron chi connectivity index (χ3n) is 3.30. The zero-order valence-electron chi connectivity index (χ0n) is 14.5. The maximum Gasteiger partial charge on any atom is 0.340 e. The van der Waals surface area contributed by atoms with Crippen LogP contribution in [0.25, 0.3) is 0 Å². The van der Waals surface area contributed by atoms with Gasteiger partial charge in [-0.3, -0.25) is 0 Å². The number of benzene rings is 1. The topological polar surface area (TPSA) is 102 Å². The highest BCUT2D eigenvalue weighted by molar-refractivity contribution is 5.93. The molecule has 7 nitrogen and oxygen atoms in total. The maximum atomic E-state index is 13.6. The van der Waals surface area contributed by atoms with E-state index in [-0.39, 0.29) is 17.9 Å². The molecule has 1 atom stereocenters. The van der Waals surface area contributed by atoms with E-state index in [1.807, 2.05) is 0 Å². The number of aliphatic carboxylic acids is 1. The van der Waals surface area contributed by atoms with Gasteiger partial charge in [-0.25, -0.2) is 9.59 Å². The van der Waals surface area contributed by atoms with E-state index in [9.17, 15) is 28.3 Å². The predicted octanol–water partition coefficient (Wildman–Crippen LogP) is 1.40. The van der Waals surface area contributed by atoms with Crippen molar-refractivity contribution in [2.75, 3.05) is 13.4 Å². The number of carboxylic acid groups (broad SMARTS) is 1. The first kappa shape index (κ1) is 21.5. The normalized spacial score (nSPS) is 12.5. The van der Waals surface area contributed by atoms with E-state index < -0.39 is 35.9 Å². The van der Waals surface area contributed by atoms with Gasteiger partial charge in [0.25, 0.3) is 0 Å². The second kappa shape index (κ2) is 9.23. The van der Waals surface area contributed by atoms with Crippen LogP contribution >= 0.6 is 0 Å². The molecule has 0 spiro atoms. The van der Waals surface area contributed by atoms with Crippen molar-refractivity contribution in [2.24, 2.45) is 5.92 Å². The second-order valence-electron chi connectivity index (χ2n) is 5.60. The van der Waals surface area contributed by atoms with E-state index in [1.54, 1.807) is 6.92 Å². The van der Waals surface area contributed by atoms with Crippen LogP contribution in [-0.2, 0) is 19.0 Å². The summed E-state index contributed by atoms with van der Waals surface area (Å²) in [5.74, 6) is -9.79. The van der Waals surface area contributed by atoms with Crippen LogP contribution in [0, 0.1) is 5.92 Å². The summed E-state index contributed by atoms with van der Waals surface area (Å²) in [7, 11) is 0. The minimum Gasteiger partial charge on any atom is -0.544 e. The number of carboxylic acids is 1. The SMILES string of the molecule is CCOCOC(=O)c1ccc(C(=O)OC(C(C)C)C(F)(F)C(=O)[O-])cc1. The molecule has 1 rings (SSSR count). The number of halogens is 2. The van der Waals surface area contributed by atoms with Gasteiger partial charge in [0, 0.05) is 6.61 Å². The Morgan fingerprint density at radius 1 is 1.08 bits per heavy atom. The highest BCUT2D eigenvalue weighted by atomic mass is 19.3. The third kappa shape index (κ3) is 5.48. The molecule has 0 aliphatic rings. The van der Waals surface area contributed by atoms with Crippen LogP contribution in [0.2, 0.25) is 0 Å². The minimum absolute atomic E-state index is 0.113. The number of rotatable bonds is 9. The van der Waals surface area contributed by atoms with Gasteiger partial charge in [0.1, 0.15) is 5.97 Å². The van der Waals surface area contributed by atoms with Crippen LogP contribution in [0.5, 0.6) is 0 Å². The second-order valence-corrected chi connectivity index (χ2v) is 5.60. The molecule has 1 unspecified atom stereocenters. The fourth-order valence-electron chi connectivity index (χ4n) is 1.93. The van der Waals surface area contributed by atoms with Gasteiger partial charge in [0.2, 0.25) is 0 Å². The maximum absolute atomic E-state index is 13.6. The summed E-state index contributed by atoms with van der Waals surface area (Å²) in [4.78, 5) is 34.3. The van der Waals surface area contributed by atoms with E-state index in [1.165, 1.54) is 38.1 Å². The molecule has 0 radical (unpaired) electrons. The van der Waals surface area contributed by atoms with Gasteiger partial charge in [-0.15, -0.1) is 0 Å². The summed E-state index contributed by atoms with van der Waals surface area (Å²) in [5.41, 5.74) is -0.0205. The average Bonchev–Trinajstić information content (AvgIpc) is 2.59. The molecule has 0 amide bonds. The lowest BCUT2D eigenvalue weighted by molar-refractivity contribution is -0.337. The Labute approximate surface area is 148 Å². The number of hydrogen-bond donors (Lipinski definition) is 0. The van der Waals surface area contributed by atoms with Crippen LogP contribution in [0.3, 0.4) is 0 Å². The van der Waals surface area contributed by atoms with E-state index in [0.717, 1.165) is 0 Å². The fraction of sp³-hybridized carbons (Fsp3) is 0.471. The van der Waals surface area contributed by atoms with E-state index in [0.29, 0.717) is 6.61 Å². The Balaban J connectivity index is 2.84. The number of carbonyl (C=O) groups is 3. The molecule has 0 saturated carbocycles. The lowest BCUT2D eigenvalue weighted by Gasteiger charge is -2.30. The molecule has 0 saturated heterocycles. The largest absolute Gasteiger partial charge is 0.544 e. The average molecular weight is 373 g/mol. The van der Waals surface area contributed by atoms with Gasteiger partial charge in [0.05, 0.1) is 11.1 Å². The first-order chi connectivity index (χ1) is 12.1. The molecular weight excluding hydrogens is 354 g/mol. The summed E-state index contributed by atoms with van der Waals surface area (Å²) in [6.07, 6.45) is -2.20. The van der Waals surface area contributed by atoms with E-state index in [2.05, 4.69) is 4.74 Å². The number of alkyl halides is 2. The number of carbonyl (C=O) groups excluding carboxylic acids is 3. The molecule has 144 valence electrons. The summed E-state index contributed by atoms with van der Waals surface area (Å²) < 4.78 is 41.6. The van der Waals surface area contributed by atoms with Crippen molar-refractivity contribution in [2.45, 2.75) is 32.8 Å². The number of esters is 2. The van der Waals surface area contributed by atoms with E-state index in [4.69, 9.17) is 9.47 Å². The quantitative estimate of drug-likeness (QED) is 0.366. The summed E-state index contributed by atoms with van der Waals surface area (Å²) >= 11 is 0. The van der Waals surface area contributed by atoms with Crippen LogP contribution in [0.15, 0.2) is 24.3 Å². The summed E-state index contributed by atoms with van der Waals surface area (Å²) in [5, 5.41) is 10.6. The highest BCUT2D eigenvalue weighted by Crippen LogP contribution is 2.27. The van der Waals surface area contributed by atoms with Crippen molar-refractivity contribution < 1.29 is 42.5 Å². The van der Waals surface area contributed by atoms with Crippen molar-refractivity contribution in [1.82, 2.24) is 0 Å². The number of ether oxygens (including phenoxy) is 3. The monoisotopic (exact) mass is 373 g/mol. The molecule has 0 N–H and O–H groups in total. The van der Waals surface area contributed by atoms with Crippen LogP contribution in [0.4, 0.5) is 8.78 Å². The Morgan fingerprint density at radius 3 is 2.00 bits per heavy atom. The van der Waals surface area contributed by atoms with Gasteiger partial charge in [-0.05, 0) is 37.1 Å². The van der Waals surface area contributed by atoms with Gasteiger partial charge < -0.3 is 24.1 Å². The Morgan fingerprint density at radius 2 is 1.58 bits per heavy atom. The first-order valence-electron chi connectivity index (χ1n) is 7.76. The zero-order chi connectivity index (χ0) is 19.9. The summed E-state index contributed by atoms with van der Waals surface area (Å²) in [6.45, 7) is 4.43. The van der Waals surface area contributed by atoms with Crippen molar-refractivity contribution in [3.8, 4) is 0 Å². The first-order valence-corrected chi connectivity index (χ1v) is 7.76. The molecule has 0 aliphatic heterocycles. The lowest BCUT2D eigenvalue weighted by Crippen LogP contribution is -2.53. The van der Waals surface area contributed by atoms with Crippen molar-refractivity contribution in [3.63, 3.8) is 0 Å². The molecule has 0 aliphatic carbocycles. The van der Waals surface area contributed by atoms with Crippen LogP contribution < -0.4 is 5.11 Å². The molecule has 0 fully saturated rings. The third-order valence-corrected chi connectivity index (χ3v) is 3.30. The molecule has 26 heavy (non-hydrogen) atoms. The van der Waals surface area contributed by atoms with Crippen LogP contribution in [0.1, 0.15) is 41.5 Å². The molecule has 1 aromatic carbocycles. The van der Waals surface area contributed by atoms with Gasteiger partial charge in [-0.2, -0.15) is 8.78 Å². The lowest BCUT2D eigenvalue weighted by atomic mass is 10.0. The van der Waals surface area contributed by atoms with Crippen molar-refractivity contribution in [3.05, 3.63) is 35.4 Å². The standard InChI is InChI=1S/C17H20F2O7/c1-4-24-9-25-14(20)11-5-7-12(8-6-11)15(21)26-13(10(2)3)17(18,19)16(22)23/h5-8,10,13H,4,9H2,1-3H3,(H,22,23)/p-1.